The predicted octanol–water partition coefficient (Wildman–Crippen LogP) is 2.26. The van der Waals surface area contributed by atoms with E-state index < -0.39 is 0 Å². The molecule has 0 radical (unpaired) electrons. The number of aliphatic imine (C=N–C) groups is 1. The van der Waals surface area contributed by atoms with Gasteiger partial charge in [0.2, 0.25) is 0 Å². The van der Waals surface area contributed by atoms with Crippen LogP contribution in [-0.4, -0.2) is 25.0 Å². The molecule has 21 heavy (non-hydrogen) atoms. The Balaban J connectivity index is 0.00000400. The lowest BCUT2D eigenvalue weighted by molar-refractivity contribution is 0.0953. The first kappa shape index (κ1) is 19.7. The number of rotatable bonds is 7. The maximum Gasteiger partial charge on any atom is 0.251 e. The molecule has 0 aliphatic rings. The van der Waals surface area contributed by atoms with E-state index in [2.05, 4.69) is 22.5 Å². The minimum Gasteiger partial charge on any atom is -0.370 e. The van der Waals surface area contributed by atoms with Crippen molar-refractivity contribution in [3.05, 3.63) is 35.4 Å². The van der Waals surface area contributed by atoms with E-state index in [4.69, 9.17) is 5.73 Å². The Morgan fingerprint density at radius 1 is 1.19 bits per heavy atom. The molecule has 1 aromatic carbocycles. The number of carbonyl (C=O) groups is 1. The summed E-state index contributed by atoms with van der Waals surface area (Å²) >= 11 is 0. The van der Waals surface area contributed by atoms with Gasteiger partial charge in [-0.1, -0.05) is 26.0 Å². The molecule has 0 saturated heterocycles. The zero-order chi connectivity index (χ0) is 14.8. The van der Waals surface area contributed by atoms with Crippen molar-refractivity contribution in [1.82, 2.24) is 10.6 Å². The number of guanidine groups is 1. The minimum atomic E-state index is -0.0465. The monoisotopic (exact) mass is 404 g/mol. The van der Waals surface area contributed by atoms with Gasteiger partial charge in [0.25, 0.3) is 5.91 Å². The third kappa shape index (κ3) is 7.89. The van der Waals surface area contributed by atoms with Gasteiger partial charge in [0, 0.05) is 18.7 Å². The van der Waals surface area contributed by atoms with Crippen LogP contribution in [0.15, 0.2) is 29.3 Å². The zero-order valence-electron chi connectivity index (χ0n) is 12.7. The van der Waals surface area contributed by atoms with E-state index in [0.717, 1.165) is 24.9 Å². The van der Waals surface area contributed by atoms with E-state index in [1.165, 1.54) is 0 Å². The summed E-state index contributed by atoms with van der Waals surface area (Å²) in [5, 5.41) is 5.87. The van der Waals surface area contributed by atoms with Crippen LogP contribution in [-0.2, 0) is 6.54 Å². The molecule has 1 aromatic rings. The molecular formula is C15H25IN4O. The second-order valence-electron chi connectivity index (χ2n) is 4.58. The van der Waals surface area contributed by atoms with E-state index in [1.807, 2.05) is 25.1 Å². The molecule has 5 nitrogen and oxygen atoms in total. The van der Waals surface area contributed by atoms with Gasteiger partial charge < -0.3 is 16.4 Å². The summed E-state index contributed by atoms with van der Waals surface area (Å²) in [6.07, 6.45) is 1.93. The number of benzene rings is 1. The number of carbonyl (C=O) groups excluding carboxylic acids is 1. The normalized spacial score (nSPS) is 10.7. The Labute approximate surface area is 143 Å². The second-order valence-corrected chi connectivity index (χ2v) is 4.58. The number of nitrogens with zero attached hydrogens (tertiary/aromatic N) is 1. The van der Waals surface area contributed by atoms with Crippen LogP contribution >= 0.6 is 24.0 Å². The van der Waals surface area contributed by atoms with Gasteiger partial charge in [-0.3, -0.25) is 4.79 Å². The molecule has 0 aromatic heterocycles. The number of hydrogen-bond acceptors (Lipinski definition) is 2. The lowest BCUT2D eigenvalue weighted by atomic mass is 10.1. The van der Waals surface area contributed by atoms with Crippen molar-refractivity contribution in [2.75, 3.05) is 13.1 Å². The van der Waals surface area contributed by atoms with E-state index in [-0.39, 0.29) is 29.9 Å². The summed E-state index contributed by atoms with van der Waals surface area (Å²) in [5.41, 5.74) is 7.36. The Hall–Kier alpha value is -1.31. The van der Waals surface area contributed by atoms with Crippen LogP contribution in [0.25, 0.3) is 0 Å². The van der Waals surface area contributed by atoms with Crippen LogP contribution in [0, 0.1) is 0 Å². The van der Waals surface area contributed by atoms with Gasteiger partial charge in [0.1, 0.15) is 0 Å². The Bertz CT molecular complexity index is 463. The zero-order valence-corrected chi connectivity index (χ0v) is 15.0. The standard InChI is InChI=1S/C15H24N4O.HI/c1-3-8-17-14(20)13-7-5-6-12(10-13)11-19-15(16)18-9-4-2;/h5-7,10H,3-4,8-9,11H2,1-2H3,(H,17,20)(H3,16,18,19);1H. The lowest BCUT2D eigenvalue weighted by Crippen LogP contribution is -2.32. The summed E-state index contributed by atoms with van der Waals surface area (Å²) in [7, 11) is 0. The van der Waals surface area contributed by atoms with E-state index in [1.54, 1.807) is 6.07 Å². The summed E-state index contributed by atoms with van der Waals surface area (Å²) in [4.78, 5) is 16.1. The van der Waals surface area contributed by atoms with Gasteiger partial charge in [-0.2, -0.15) is 0 Å². The maximum atomic E-state index is 11.9. The molecule has 1 rings (SSSR count). The molecule has 0 saturated carbocycles. The Kier molecular flexibility index (Phi) is 10.7. The van der Waals surface area contributed by atoms with Crippen LogP contribution in [0.1, 0.15) is 42.6 Å². The third-order valence-corrected chi connectivity index (χ3v) is 2.71. The topological polar surface area (TPSA) is 79.5 Å². The Morgan fingerprint density at radius 2 is 1.86 bits per heavy atom. The second kappa shape index (κ2) is 11.4. The van der Waals surface area contributed by atoms with E-state index >= 15 is 0 Å². The quantitative estimate of drug-likeness (QED) is 0.371. The molecule has 0 fully saturated rings. The van der Waals surface area contributed by atoms with Crippen LogP contribution in [0.4, 0.5) is 0 Å². The highest BCUT2D eigenvalue weighted by molar-refractivity contribution is 14.0. The fourth-order valence-electron chi connectivity index (χ4n) is 1.64. The molecule has 0 spiro atoms. The molecular weight excluding hydrogens is 379 g/mol. The lowest BCUT2D eigenvalue weighted by Gasteiger charge is -2.06. The molecule has 0 heterocycles. The fourth-order valence-corrected chi connectivity index (χ4v) is 1.64. The average molecular weight is 404 g/mol. The minimum absolute atomic E-state index is 0. The smallest absolute Gasteiger partial charge is 0.251 e. The molecule has 0 atom stereocenters. The molecule has 0 unspecified atom stereocenters. The summed E-state index contributed by atoms with van der Waals surface area (Å²) in [6.45, 7) is 6.07. The number of nitrogens with one attached hydrogen (secondary N) is 2. The van der Waals surface area contributed by atoms with Crippen molar-refractivity contribution in [1.29, 1.82) is 0 Å². The third-order valence-electron chi connectivity index (χ3n) is 2.71. The van der Waals surface area contributed by atoms with Crippen molar-refractivity contribution < 1.29 is 4.79 Å². The van der Waals surface area contributed by atoms with Gasteiger partial charge in [-0.15, -0.1) is 24.0 Å². The van der Waals surface area contributed by atoms with Crippen molar-refractivity contribution >= 4 is 35.8 Å². The van der Waals surface area contributed by atoms with Crippen molar-refractivity contribution in [3.8, 4) is 0 Å². The molecule has 118 valence electrons. The summed E-state index contributed by atoms with van der Waals surface area (Å²) in [5.74, 6) is 0.391. The highest BCUT2D eigenvalue weighted by Gasteiger charge is 2.04. The van der Waals surface area contributed by atoms with Crippen LogP contribution in [0.2, 0.25) is 0 Å². The van der Waals surface area contributed by atoms with Crippen LogP contribution in [0.5, 0.6) is 0 Å². The van der Waals surface area contributed by atoms with Crippen molar-refractivity contribution in [3.63, 3.8) is 0 Å². The number of amides is 1. The van der Waals surface area contributed by atoms with Gasteiger partial charge in [0.05, 0.1) is 6.54 Å². The van der Waals surface area contributed by atoms with Gasteiger partial charge in [0.15, 0.2) is 5.96 Å². The summed E-state index contributed by atoms with van der Waals surface area (Å²) < 4.78 is 0. The van der Waals surface area contributed by atoms with Gasteiger partial charge >= 0.3 is 0 Å². The fraction of sp³-hybridized carbons (Fsp3) is 0.467. The molecule has 0 bridgehead atoms. The van der Waals surface area contributed by atoms with E-state index in [0.29, 0.717) is 24.6 Å². The van der Waals surface area contributed by atoms with Crippen molar-refractivity contribution in [2.45, 2.75) is 33.2 Å². The first-order chi connectivity index (χ1) is 9.67. The first-order valence-corrected chi connectivity index (χ1v) is 7.08. The maximum absolute atomic E-state index is 11.9. The van der Waals surface area contributed by atoms with Crippen LogP contribution < -0.4 is 16.4 Å². The van der Waals surface area contributed by atoms with Crippen molar-refractivity contribution in [2.24, 2.45) is 10.7 Å². The number of nitrogens with two attached hydrogens (primary N) is 1. The molecule has 4 N–H and O–H groups in total. The molecule has 6 heteroatoms. The van der Waals surface area contributed by atoms with Gasteiger partial charge in [-0.25, -0.2) is 4.99 Å². The van der Waals surface area contributed by atoms with Crippen LogP contribution in [0.3, 0.4) is 0 Å². The molecule has 0 aliphatic heterocycles. The summed E-state index contributed by atoms with van der Waals surface area (Å²) in [6, 6.07) is 7.45. The van der Waals surface area contributed by atoms with Gasteiger partial charge in [-0.05, 0) is 30.5 Å². The SMILES string of the molecule is CCCNC(=O)c1cccc(CN=C(N)NCCC)c1.I. The number of halogens is 1. The molecule has 1 amide bonds. The highest BCUT2D eigenvalue weighted by Crippen LogP contribution is 2.06. The predicted molar refractivity (Wildman–Crippen MR) is 98.1 cm³/mol. The molecule has 0 aliphatic carbocycles. The first-order valence-electron chi connectivity index (χ1n) is 7.08. The average Bonchev–Trinajstić information content (AvgIpc) is 2.48. The number of hydrogen-bond donors (Lipinski definition) is 3. The van der Waals surface area contributed by atoms with E-state index in [9.17, 15) is 4.79 Å². The largest absolute Gasteiger partial charge is 0.370 e. The Morgan fingerprint density at radius 3 is 2.52 bits per heavy atom. The highest BCUT2D eigenvalue weighted by atomic mass is 127.